The second kappa shape index (κ2) is 6.15. The van der Waals surface area contributed by atoms with Gasteiger partial charge < -0.3 is 10.6 Å². The molecule has 0 bridgehead atoms. The number of urea groups is 1. The van der Waals surface area contributed by atoms with Crippen LogP contribution in [0.1, 0.15) is 18.5 Å². The van der Waals surface area contributed by atoms with Gasteiger partial charge >= 0.3 is 6.03 Å². The molecule has 1 saturated heterocycles. The quantitative estimate of drug-likeness (QED) is 0.908. The highest BCUT2D eigenvalue weighted by Crippen LogP contribution is 2.23. The zero-order valence-corrected chi connectivity index (χ0v) is 12.5. The van der Waals surface area contributed by atoms with Crippen LogP contribution >= 0.6 is 0 Å². The lowest BCUT2D eigenvalue weighted by Gasteiger charge is -2.18. The van der Waals surface area contributed by atoms with Crippen molar-refractivity contribution in [1.29, 1.82) is 0 Å². The first-order valence-corrected chi connectivity index (χ1v) is 7.46. The molecule has 2 aromatic rings. The molecule has 2 N–H and O–H groups in total. The minimum absolute atomic E-state index is 0.0284. The molecule has 5 heteroatoms. The molecule has 0 radical (unpaired) electrons. The van der Waals surface area contributed by atoms with Crippen molar-refractivity contribution in [3.05, 3.63) is 48.0 Å². The maximum atomic E-state index is 12.1. The van der Waals surface area contributed by atoms with Crippen molar-refractivity contribution in [2.45, 2.75) is 13.0 Å². The maximum Gasteiger partial charge on any atom is 0.324 e. The first kappa shape index (κ1) is 14.5. The summed E-state index contributed by atoms with van der Waals surface area (Å²) >= 11 is 0. The number of rotatable bonds is 4. The lowest BCUT2D eigenvalue weighted by molar-refractivity contribution is -0.126. The number of carbonyl (C=O) groups excluding carboxylic acids is 2. The molecule has 0 unspecified atom stereocenters. The van der Waals surface area contributed by atoms with Gasteiger partial charge in [0.15, 0.2) is 0 Å². The Kier molecular flexibility index (Phi) is 4.06. The molecule has 0 aromatic heterocycles. The maximum absolute atomic E-state index is 12.1. The van der Waals surface area contributed by atoms with E-state index in [1.54, 1.807) is 0 Å². The summed E-state index contributed by atoms with van der Waals surface area (Å²) in [6, 6.07) is 14.1. The predicted molar refractivity (Wildman–Crippen MR) is 85.5 cm³/mol. The molecule has 0 aliphatic carbocycles. The molecule has 2 aromatic carbocycles. The van der Waals surface area contributed by atoms with Crippen molar-refractivity contribution in [2.75, 3.05) is 19.6 Å². The van der Waals surface area contributed by atoms with Gasteiger partial charge in [0.1, 0.15) is 0 Å². The minimum Gasteiger partial charge on any atom is -0.336 e. The third kappa shape index (κ3) is 2.80. The Morgan fingerprint density at radius 2 is 2.05 bits per heavy atom. The summed E-state index contributed by atoms with van der Waals surface area (Å²) in [4.78, 5) is 24.8. The van der Waals surface area contributed by atoms with E-state index in [4.69, 9.17) is 0 Å². The van der Waals surface area contributed by atoms with E-state index in [-0.39, 0.29) is 24.5 Å². The van der Waals surface area contributed by atoms with Crippen LogP contribution in [0.25, 0.3) is 10.8 Å². The molecule has 3 rings (SSSR count). The van der Waals surface area contributed by atoms with E-state index in [2.05, 4.69) is 34.9 Å². The van der Waals surface area contributed by atoms with Gasteiger partial charge in [0, 0.05) is 19.1 Å². The zero-order valence-electron chi connectivity index (χ0n) is 12.5. The molecule has 1 aliphatic heterocycles. The number of hydrogen-bond donors (Lipinski definition) is 2. The predicted octanol–water partition coefficient (Wildman–Crippen LogP) is 2.04. The van der Waals surface area contributed by atoms with Crippen LogP contribution in [0.2, 0.25) is 0 Å². The Morgan fingerprint density at radius 1 is 1.27 bits per heavy atom. The Labute approximate surface area is 129 Å². The second-order valence-electron chi connectivity index (χ2n) is 5.45. The van der Waals surface area contributed by atoms with Crippen LogP contribution in [0.15, 0.2) is 42.5 Å². The van der Waals surface area contributed by atoms with Gasteiger partial charge in [-0.05, 0) is 23.3 Å². The molecule has 22 heavy (non-hydrogen) atoms. The van der Waals surface area contributed by atoms with Crippen LogP contribution in [-0.4, -0.2) is 36.5 Å². The summed E-state index contributed by atoms with van der Waals surface area (Å²) in [5.74, 6) is -0.193. The fraction of sp³-hybridized carbons (Fsp3) is 0.294. The van der Waals surface area contributed by atoms with Crippen molar-refractivity contribution in [3.8, 4) is 0 Å². The molecule has 1 fully saturated rings. The summed E-state index contributed by atoms with van der Waals surface area (Å²) in [6.07, 6.45) is 0. The molecule has 1 aliphatic rings. The van der Waals surface area contributed by atoms with E-state index in [9.17, 15) is 9.59 Å². The van der Waals surface area contributed by atoms with Gasteiger partial charge in [-0.3, -0.25) is 9.69 Å². The number of nitrogens with zero attached hydrogens (tertiary/aromatic N) is 1. The Bertz CT molecular complexity index is 709. The zero-order chi connectivity index (χ0) is 15.5. The largest absolute Gasteiger partial charge is 0.336 e. The number of nitrogens with one attached hydrogen (secondary N) is 2. The van der Waals surface area contributed by atoms with Crippen molar-refractivity contribution in [2.24, 2.45) is 0 Å². The second-order valence-corrected chi connectivity index (χ2v) is 5.45. The van der Waals surface area contributed by atoms with Crippen molar-refractivity contribution in [1.82, 2.24) is 15.5 Å². The minimum atomic E-state index is -0.301. The number of fused-ring (bicyclic) bond motifs is 1. The molecule has 114 valence electrons. The first-order chi connectivity index (χ1) is 10.7. The van der Waals surface area contributed by atoms with E-state index >= 15 is 0 Å². The van der Waals surface area contributed by atoms with Gasteiger partial charge in [-0.15, -0.1) is 0 Å². The fourth-order valence-corrected chi connectivity index (χ4v) is 2.78. The smallest absolute Gasteiger partial charge is 0.324 e. The average molecular weight is 297 g/mol. The summed E-state index contributed by atoms with van der Waals surface area (Å²) in [7, 11) is 0. The van der Waals surface area contributed by atoms with Gasteiger partial charge in [-0.2, -0.15) is 0 Å². The van der Waals surface area contributed by atoms with Crippen LogP contribution in [0.3, 0.4) is 0 Å². The number of imide groups is 1. The average Bonchev–Trinajstić information content (AvgIpc) is 2.98. The topological polar surface area (TPSA) is 61.4 Å². The van der Waals surface area contributed by atoms with Crippen molar-refractivity contribution in [3.63, 3.8) is 0 Å². The van der Waals surface area contributed by atoms with Crippen LogP contribution in [0, 0.1) is 0 Å². The van der Waals surface area contributed by atoms with Crippen LogP contribution < -0.4 is 10.6 Å². The van der Waals surface area contributed by atoms with Crippen LogP contribution in [0.4, 0.5) is 4.79 Å². The van der Waals surface area contributed by atoms with E-state index < -0.39 is 0 Å². The van der Waals surface area contributed by atoms with Gasteiger partial charge in [-0.25, -0.2) is 4.79 Å². The van der Waals surface area contributed by atoms with E-state index in [0.29, 0.717) is 13.1 Å². The lowest BCUT2D eigenvalue weighted by Crippen LogP contribution is -2.40. The lowest BCUT2D eigenvalue weighted by atomic mass is 10.00. The summed E-state index contributed by atoms with van der Waals surface area (Å²) < 4.78 is 0. The number of carbonyl (C=O) groups is 2. The molecule has 5 nitrogen and oxygen atoms in total. The third-order valence-electron chi connectivity index (χ3n) is 4.01. The van der Waals surface area contributed by atoms with Gasteiger partial charge in [0.05, 0.1) is 6.54 Å². The Hall–Kier alpha value is -2.40. The highest BCUT2D eigenvalue weighted by atomic mass is 16.2. The molecular weight excluding hydrogens is 278 g/mol. The molecule has 0 saturated carbocycles. The van der Waals surface area contributed by atoms with Crippen LogP contribution in [-0.2, 0) is 4.79 Å². The normalized spacial score (nSPS) is 15.9. The third-order valence-corrected chi connectivity index (χ3v) is 4.01. The Morgan fingerprint density at radius 3 is 2.82 bits per heavy atom. The standard InChI is InChI=1S/C17H19N3O2/c1-12(19-11-16(21)20-10-9-18-17(20)22)14-8-4-6-13-5-2-3-7-15(13)14/h2-8,12,19H,9-11H2,1H3,(H,18,22)/t12-/m1/s1. The van der Waals surface area contributed by atoms with Gasteiger partial charge in [-0.1, -0.05) is 42.5 Å². The van der Waals surface area contributed by atoms with E-state index in [1.807, 2.05) is 25.1 Å². The summed E-state index contributed by atoms with van der Waals surface area (Å²) in [5.41, 5.74) is 1.15. The summed E-state index contributed by atoms with van der Waals surface area (Å²) in [5, 5.41) is 8.21. The number of amides is 3. The molecule has 3 amide bonds. The monoisotopic (exact) mass is 297 g/mol. The molecule has 1 atom stereocenters. The van der Waals surface area contributed by atoms with E-state index in [1.165, 1.54) is 15.7 Å². The van der Waals surface area contributed by atoms with E-state index in [0.717, 1.165) is 5.56 Å². The molecule has 1 heterocycles. The van der Waals surface area contributed by atoms with Crippen molar-refractivity contribution < 1.29 is 9.59 Å². The van der Waals surface area contributed by atoms with Gasteiger partial charge in [0.25, 0.3) is 0 Å². The van der Waals surface area contributed by atoms with Crippen LogP contribution in [0.5, 0.6) is 0 Å². The van der Waals surface area contributed by atoms with Gasteiger partial charge in [0.2, 0.25) is 5.91 Å². The first-order valence-electron chi connectivity index (χ1n) is 7.46. The molecular formula is C17H19N3O2. The number of hydrogen-bond acceptors (Lipinski definition) is 3. The van der Waals surface area contributed by atoms with Crippen molar-refractivity contribution >= 4 is 22.7 Å². The SMILES string of the molecule is C[C@@H](NCC(=O)N1CCNC1=O)c1cccc2ccccc12. The summed E-state index contributed by atoms with van der Waals surface area (Å²) in [6.45, 7) is 3.16. The number of benzene rings is 2. The highest BCUT2D eigenvalue weighted by molar-refractivity contribution is 5.96. The fourth-order valence-electron chi connectivity index (χ4n) is 2.78. The molecule has 0 spiro atoms. The highest BCUT2D eigenvalue weighted by Gasteiger charge is 2.25. The Balaban J connectivity index is 1.70.